The molecular weight excluding hydrogens is 358 g/mol. The Bertz CT molecular complexity index is 957. The van der Waals surface area contributed by atoms with Crippen molar-refractivity contribution in [1.82, 2.24) is 15.0 Å². The second-order valence-electron chi connectivity index (χ2n) is 6.88. The zero-order chi connectivity index (χ0) is 19.5. The Balaban J connectivity index is 1.61. The van der Waals surface area contributed by atoms with Gasteiger partial charge in [-0.1, -0.05) is 47.6 Å². The van der Waals surface area contributed by atoms with Crippen molar-refractivity contribution >= 4 is 5.91 Å². The normalized spacial score (nSPS) is 19.6. The highest BCUT2D eigenvalue weighted by Crippen LogP contribution is 2.27. The minimum atomic E-state index is -0.733. The molecule has 0 radical (unpaired) electrons. The van der Waals surface area contributed by atoms with Gasteiger partial charge in [-0.3, -0.25) is 4.79 Å². The van der Waals surface area contributed by atoms with Crippen LogP contribution in [0.1, 0.15) is 16.8 Å². The summed E-state index contributed by atoms with van der Waals surface area (Å²) in [6.07, 6.45) is -0.174. The Morgan fingerprint density at radius 1 is 1.14 bits per heavy atom. The van der Waals surface area contributed by atoms with E-state index in [4.69, 9.17) is 4.52 Å². The van der Waals surface area contributed by atoms with Gasteiger partial charge < -0.3 is 19.6 Å². The van der Waals surface area contributed by atoms with Crippen LogP contribution in [0.25, 0.3) is 22.8 Å². The predicted octanol–water partition coefficient (Wildman–Crippen LogP) is 2.22. The highest BCUT2D eigenvalue weighted by Gasteiger charge is 2.31. The quantitative estimate of drug-likeness (QED) is 0.721. The van der Waals surface area contributed by atoms with Crippen LogP contribution in [0.2, 0.25) is 0 Å². The maximum absolute atomic E-state index is 13.1. The number of carbonyl (C=O) groups excluding carboxylic acids is 1. The highest BCUT2D eigenvalue weighted by molar-refractivity contribution is 6.00. The number of hydrogen-bond donors (Lipinski definition) is 2. The minimum Gasteiger partial charge on any atom is -0.396 e. The molecule has 1 fully saturated rings. The van der Waals surface area contributed by atoms with Crippen molar-refractivity contribution in [3.63, 3.8) is 0 Å². The number of rotatable bonds is 4. The molecule has 3 aromatic rings. The molecule has 0 bridgehead atoms. The van der Waals surface area contributed by atoms with Gasteiger partial charge in [-0.05, 0) is 18.6 Å². The van der Waals surface area contributed by atoms with Gasteiger partial charge in [-0.2, -0.15) is 4.98 Å². The summed E-state index contributed by atoms with van der Waals surface area (Å²) in [6, 6.07) is 16.5. The molecule has 1 amide bonds. The molecule has 0 spiro atoms. The van der Waals surface area contributed by atoms with Gasteiger partial charge in [0.05, 0.1) is 17.2 Å². The van der Waals surface area contributed by atoms with Crippen LogP contribution in [0.15, 0.2) is 59.1 Å². The average Bonchev–Trinajstić information content (AvgIpc) is 3.24. The highest BCUT2D eigenvalue weighted by atomic mass is 16.5. The maximum atomic E-state index is 13.1. The number of aromatic nitrogens is 2. The van der Waals surface area contributed by atoms with Crippen LogP contribution in [0, 0.1) is 5.92 Å². The molecule has 2 atom stereocenters. The Hall–Kier alpha value is -3.03. The molecule has 2 aromatic carbocycles. The Kier molecular flexibility index (Phi) is 5.18. The summed E-state index contributed by atoms with van der Waals surface area (Å²) in [4.78, 5) is 19.1. The fourth-order valence-corrected chi connectivity index (χ4v) is 3.44. The molecule has 144 valence electrons. The number of aliphatic hydroxyl groups excluding tert-OH is 2. The van der Waals surface area contributed by atoms with Gasteiger partial charge >= 0.3 is 0 Å². The van der Waals surface area contributed by atoms with Gasteiger partial charge in [0.1, 0.15) is 0 Å². The maximum Gasteiger partial charge on any atom is 0.259 e. The van der Waals surface area contributed by atoms with Gasteiger partial charge in [0.25, 0.3) is 11.8 Å². The number of likely N-dealkylation sites (tertiary alicyclic amines) is 1. The van der Waals surface area contributed by atoms with E-state index in [2.05, 4.69) is 10.1 Å². The molecule has 7 nitrogen and oxygen atoms in total. The summed E-state index contributed by atoms with van der Waals surface area (Å²) in [5.74, 6) is 0.333. The first-order chi connectivity index (χ1) is 13.7. The molecule has 2 heterocycles. The lowest BCUT2D eigenvalue weighted by molar-refractivity contribution is 0.000898. The molecular formula is C21H21N3O4. The van der Waals surface area contributed by atoms with Crippen molar-refractivity contribution in [2.24, 2.45) is 5.92 Å². The van der Waals surface area contributed by atoms with Gasteiger partial charge in [0, 0.05) is 31.2 Å². The lowest BCUT2D eigenvalue weighted by Gasteiger charge is -2.35. The number of aliphatic hydroxyl groups is 2. The van der Waals surface area contributed by atoms with E-state index in [9.17, 15) is 15.0 Å². The molecule has 4 rings (SSSR count). The first-order valence-corrected chi connectivity index (χ1v) is 9.24. The number of piperidine rings is 1. The molecule has 1 aliphatic rings. The van der Waals surface area contributed by atoms with E-state index in [1.807, 2.05) is 36.4 Å². The van der Waals surface area contributed by atoms with Crippen molar-refractivity contribution in [3.05, 3.63) is 60.2 Å². The number of β-amino-alcohol motifs (C(OH)–C–C–N with tert-alkyl or cyclic N) is 1. The first-order valence-electron chi connectivity index (χ1n) is 9.24. The smallest absolute Gasteiger partial charge is 0.259 e. The van der Waals surface area contributed by atoms with E-state index in [1.165, 1.54) is 0 Å². The average molecular weight is 379 g/mol. The third-order valence-corrected chi connectivity index (χ3v) is 5.09. The summed E-state index contributed by atoms with van der Waals surface area (Å²) >= 11 is 0. The third-order valence-electron chi connectivity index (χ3n) is 5.09. The Morgan fingerprint density at radius 2 is 1.89 bits per heavy atom. The zero-order valence-corrected chi connectivity index (χ0v) is 15.2. The van der Waals surface area contributed by atoms with E-state index in [0.717, 1.165) is 5.56 Å². The Labute approximate surface area is 162 Å². The van der Waals surface area contributed by atoms with Crippen molar-refractivity contribution < 1.29 is 19.5 Å². The minimum absolute atomic E-state index is 0.0793. The van der Waals surface area contributed by atoms with Gasteiger partial charge in [-0.15, -0.1) is 0 Å². The molecule has 2 N–H and O–H groups in total. The van der Waals surface area contributed by atoms with Crippen molar-refractivity contribution in [2.75, 3.05) is 19.7 Å². The fraction of sp³-hybridized carbons (Fsp3) is 0.286. The number of hydrogen-bond acceptors (Lipinski definition) is 6. The van der Waals surface area contributed by atoms with E-state index in [1.54, 1.807) is 23.1 Å². The van der Waals surface area contributed by atoms with Gasteiger partial charge in [0.15, 0.2) is 0 Å². The number of benzene rings is 2. The summed E-state index contributed by atoms with van der Waals surface area (Å²) in [7, 11) is 0. The molecule has 1 saturated heterocycles. The second-order valence-corrected chi connectivity index (χ2v) is 6.88. The van der Waals surface area contributed by atoms with Gasteiger partial charge in [-0.25, -0.2) is 0 Å². The topological polar surface area (TPSA) is 99.7 Å². The molecule has 0 unspecified atom stereocenters. The van der Waals surface area contributed by atoms with Crippen LogP contribution in [0.5, 0.6) is 0 Å². The van der Waals surface area contributed by atoms with Crippen LogP contribution < -0.4 is 0 Å². The van der Waals surface area contributed by atoms with E-state index in [0.29, 0.717) is 29.9 Å². The second kappa shape index (κ2) is 7.92. The summed E-state index contributed by atoms with van der Waals surface area (Å²) in [5.41, 5.74) is 1.83. The SMILES string of the molecule is O=C(c1ccccc1-c1nc(-c2ccccc2)no1)N1CC[C@H](CO)[C@H](O)C1. The lowest BCUT2D eigenvalue weighted by atomic mass is 9.94. The lowest BCUT2D eigenvalue weighted by Crippen LogP contribution is -2.47. The largest absolute Gasteiger partial charge is 0.396 e. The number of amides is 1. The monoisotopic (exact) mass is 379 g/mol. The van der Waals surface area contributed by atoms with Crippen LogP contribution in [0.4, 0.5) is 0 Å². The molecule has 1 aromatic heterocycles. The predicted molar refractivity (Wildman–Crippen MR) is 102 cm³/mol. The molecule has 28 heavy (non-hydrogen) atoms. The molecule has 0 aliphatic carbocycles. The van der Waals surface area contributed by atoms with Crippen molar-refractivity contribution in [1.29, 1.82) is 0 Å². The number of nitrogens with zero attached hydrogens (tertiary/aromatic N) is 3. The van der Waals surface area contributed by atoms with Crippen molar-refractivity contribution in [3.8, 4) is 22.8 Å². The Morgan fingerprint density at radius 3 is 2.64 bits per heavy atom. The van der Waals surface area contributed by atoms with Gasteiger partial charge in [0.2, 0.25) is 5.82 Å². The summed E-state index contributed by atoms with van der Waals surface area (Å²) in [6.45, 7) is 0.593. The van der Waals surface area contributed by atoms with Crippen LogP contribution in [-0.4, -0.2) is 57.0 Å². The van der Waals surface area contributed by atoms with E-state index < -0.39 is 6.10 Å². The zero-order valence-electron chi connectivity index (χ0n) is 15.2. The molecule has 7 heteroatoms. The standard InChI is InChI=1S/C21H21N3O4/c25-13-15-10-11-24(12-18(15)26)21(27)17-9-5-4-8-16(17)20-22-19(23-28-20)14-6-2-1-3-7-14/h1-9,15,18,25-26H,10-13H2/t15-,18-/m1/s1. The first kappa shape index (κ1) is 18.3. The van der Waals surface area contributed by atoms with Crippen LogP contribution in [0.3, 0.4) is 0 Å². The third kappa shape index (κ3) is 3.54. The fourth-order valence-electron chi connectivity index (χ4n) is 3.44. The summed E-state index contributed by atoms with van der Waals surface area (Å²) < 4.78 is 5.42. The number of carbonyl (C=O) groups is 1. The summed E-state index contributed by atoms with van der Waals surface area (Å²) in [5, 5.41) is 23.5. The molecule has 1 aliphatic heterocycles. The molecule has 0 saturated carbocycles. The van der Waals surface area contributed by atoms with E-state index in [-0.39, 0.29) is 30.9 Å². The van der Waals surface area contributed by atoms with E-state index >= 15 is 0 Å². The van der Waals surface area contributed by atoms with Crippen molar-refractivity contribution in [2.45, 2.75) is 12.5 Å². The van der Waals surface area contributed by atoms with Crippen LogP contribution in [-0.2, 0) is 0 Å². The van der Waals surface area contributed by atoms with Crippen LogP contribution >= 0.6 is 0 Å².